The van der Waals surface area contributed by atoms with Gasteiger partial charge in [0.25, 0.3) is 5.56 Å². The first-order chi connectivity index (χ1) is 7.36. The molecule has 0 aliphatic carbocycles. The zero-order valence-electron chi connectivity index (χ0n) is 7.90. The van der Waals surface area contributed by atoms with Crippen molar-refractivity contribution in [2.75, 3.05) is 11.9 Å². The third-order valence-electron chi connectivity index (χ3n) is 1.83. The third kappa shape index (κ3) is 2.39. The molecule has 2 aromatic heterocycles. The summed E-state index contributed by atoms with van der Waals surface area (Å²) < 4.78 is 0. The van der Waals surface area contributed by atoms with Crippen LogP contribution in [0.1, 0.15) is 5.82 Å². The van der Waals surface area contributed by atoms with Gasteiger partial charge < -0.3 is 10.3 Å². The molecule has 78 valence electrons. The van der Waals surface area contributed by atoms with E-state index in [2.05, 4.69) is 30.5 Å². The van der Waals surface area contributed by atoms with Gasteiger partial charge in [-0.2, -0.15) is 5.10 Å². The van der Waals surface area contributed by atoms with Crippen molar-refractivity contribution in [3.05, 3.63) is 34.9 Å². The standard InChI is InChI=1S/C8H10N6O/c15-8-7(10-3-4-11-8)9-2-1-6-12-5-13-14-6/h3-5H,1-2H2,(H,9,10)(H,11,15)(H,12,13,14). The summed E-state index contributed by atoms with van der Waals surface area (Å²) >= 11 is 0. The summed E-state index contributed by atoms with van der Waals surface area (Å²) in [6.07, 6.45) is 5.13. The number of hydrogen-bond acceptors (Lipinski definition) is 5. The van der Waals surface area contributed by atoms with E-state index in [4.69, 9.17) is 0 Å². The van der Waals surface area contributed by atoms with Crippen LogP contribution < -0.4 is 10.9 Å². The minimum absolute atomic E-state index is 0.227. The fraction of sp³-hybridized carbons (Fsp3) is 0.250. The van der Waals surface area contributed by atoms with E-state index in [1.54, 1.807) is 0 Å². The molecule has 0 bridgehead atoms. The Labute approximate surface area is 85.0 Å². The number of nitrogens with zero attached hydrogens (tertiary/aromatic N) is 3. The quantitative estimate of drug-likeness (QED) is 0.628. The first kappa shape index (κ1) is 9.38. The molecule has 0 atom stereocenters. The van der Waals surface area contributed by atoms with Gasteiger partial charge in [-0.25, -0.2) is 9.97 Å². The maximum Gasteiger partial charge on any atom is 0.290 e. The normalized spacial score (nSPS) is 10.1. The molecule has 0 aliphatic heterocycles. The summed E-state index contributed by atoms with van der Waals surface area (Å²) in [7, 11) is 0. The molecule has 0 aromatic carbocycles. The highest BCUT2D eigenvalue weighted by atomic mass is 16.1. The highest BCUT2D eigenvalue weighted by Crippen LogP contribution is 1.92. The molecule has 0 saturated heterocycles. The van der Waals surface area contributed by atoms with Crippen LogP contribution >= 0.6 is 0 Å². The second-order valence-corrected chi connectivity index (χ2v) is 2.88. The van der Waals surface area contributed by atoms with E-state index in [1.165, 1.54) is 18.7 Å². The summed E-state index contributed by atoms with van der Waals surface area (Å²) in [4.78, 5) is 21.6. The number of hydrogen-bond donors (Lipinski definition) is 3. The van der Waals surface area contributed by atoms with Crippen molar-refractivity contribution >= 4 is 5.82 Å². The van der Waals surface area contributed by atoms with Gasteiger partial charge in [0.2, 0.25) is 0 Å². The van der Waals surface area contributed by atoms with Gasteiger partial charge >= 0.3 is 0 Å². The molecular weight excluding hydrogens is 196 g/mol. The van der Waals surface area contributed by atoms with E-state index in [-0.39, 0.29) is 5.56 Å². The number of H-pyrrole nitrogens is 2. The van der Waals surface area contributed by atoms with Crippen molar-refractivity contribution < 1.29 is 0 Å². The number of aromatic amines is 2. The lowest BCUT2D eigenvalue weighted by atomic mass is 10.4. The van der Waals surface area contributed by atoms with E-state index in [0.29, 0.717) is 18.8 Å². The van der Waals surface area contributed by atoms with Crippen LogP contribution in [0, 0.1) is 0 Å². The summed E-state index contributed by atoms with van der Waals surface area (Å²) in [5.41, 5.74) is -0.227. The Morgan fingerprint density at radius 2 is 2.33 bits per heavy atom. The molecule has 0 unspecified atom stereocenters. The highest BCUT2D eigenvalue weighted by molar-refractivity contribution is 5.29. The van der Waals surface area contributed by atoms with Crippen LogP contribution in [0.2, 0.25) is 0 Å². The molecule has 7 heteroatoms. The zero-order valence-corrected chi connectivity index (χ0v) is 7.90. The monoisotopic (exact) mass is 206 g/mol. The summed E-state index contributed by atoms with van der Waals surface area (Å²) in [6, 6.07) is 0. The minimum atomic E-state index is -0.227. The molecule has 0 spiro atoms. The molecule has 0 amide bonds. The molecule has 15 heavy (non-hydrogen) atoms. The fourth-order valence-corrected chi connectivity index (χ4v) is 1.13. The Morgan fingerprint density at radius 1 is 1.40 bits per heavy atom. The minimum Gasteiger partial charge on any atom is -0.365 e. The lowest BCUT2D eigenvalue weighted by molar-refractivity contribution is 0.893. The Kier molecular flexibility index (Phi) is 2.72. The van der Waals surface area contributed by atoms with Crippen LogP contribution in [-0.2, 0) is 6.42 Å². The Morgan fingerprint density at radius 3 is 3.07 bits per heavy atom. The van der Waals surface area contributed by atoms with Crippen molar-refractivity contribution in [1.29, 1.82) is 0 Å². The molecule has 2 rings (SSSR count). The van der Waals surface area contributed by atoms with Crippen molar-refractivity contribution in [2.45, 2.75) is 6.42 Å². The predicted octanol–water partition coefficient (Wildman–Crippen LogP) is -0.457. The van der Waals surface area contributed by atoms with Gasteiger partial charge in [-0.1, -0.05) is 0 Å². The molecule has 2 aromatic rings. The van der Waals surface area contributed by atoms with Crippen molar-refractivity contribution in [2.24, 2.45) is 0 Å². The van der Waals surface area contributed by atoms with Gasteiger partial charge in [0.15, 0.2) is 5.82 Å². The Balaban J connectivity index is 1.89. The molecule has 2 heterocycles. The largest absolute Gasteiger partial charge is 0.365 e. The lowest BCUT2D eigenvalue weighted by Gasteiger charge is -2.01. The van der Waals surface area contributed by atoms with E-state index >= 15 is 0 Å². The van der Waals surface area contributed by atoms with Gasteiger partial charge in [-0.05, 0) is 0 Å². The van der Waals surface area contributed by atoms with Crippen molar-refractivity contribution in [1.82, 2.24) is 25.1 Å². The summed E-state index contributed by atoms with van der Waals surface area (Å²) in [5.74, 6) is 1.09. The molecule has 0 fully saturated rings. The van der Waals surface area contributed by atoms with Crippen LogP contribution in [0.3, 0.4) is 0 Å². The molecule has 7 nitrogen and oxygen atoms in total. The molecule has 0 saturated carbocycles. The van der Waals surface area contributed by atoms with Gasteiger partial charge in [-0.3, -0.25) is 9.89 Å². The van der Waals surface area contributed by atoms with E-state index in [0.717, 1.165) is 5.82 Å². The first-order valence-corrected chi connectivity index (χ1v) is 4.48. The van der Waals surface area contributed by atoms with Gasteiger partial charge in [-0.15, -0.1) is 0 Å². The van der Waals surface area contributed by atoms with E-state index < -0.39 is 0 Å². The average Bonchev–Trinajstić information content (AvgIpc) is 2.74. The van der Waals surface area contributed by atoms with Crippen LogP contribution in [0.25, 0.3) is 0 Å². The highest BCUT2D eigenvalue weighted by Gasteiger charge is 1.99. The van der Waals surface area contributed by atoms with Crippen molar-refractivity contribution in [3.63, 3.8) is 0 Å². The average molecular weight is 206 g/mol. The van der Waals surface area contributed by atoms with Crippen LogP contribution in [0.15, 0.2) is 23.5 Å². The predicted molar refractivity (Wildman–Crippen MR) is 53.4 cm³/mol. The Bertz CT molecular complexity index is 462. The maximum atomic E-state index is 11.2. The smallest absolute Gasteiger partial charge is 0.290 e. The first-order valence-electron chi connectivity index (χ1n) is 4.48. The zero-order chi connectivity index (χ0) is 10.5. The number of nitrogens with one attached hydrogen (secondary N) is 3. The topological polar surface area (TPSA) is 99.3 Å². The molecular formula is C8H10N6O. The van der Waals surface area contributed by atoms with Crippen LogP contribution in [0.5, 0.6) is 0 Å². The number of rotatable bonds is 4. The van der Waals surface area contributed by atoms with Crippen LogP contribution in [-0.4, -0.2) is 31.7 Å². The summed E-state index contributed by atoms with van der Waals surface area (Å²) in [6.45, 7) is 0.579. The number of anilines is 1. The van der Waals surface area contributed by atoms with Crippen LogP contribution in [0.4, 0.5) is 5.82 Å². The maximum absolute atomic E-state index is 11.2. The van der Waals surface area contributed by atoms with E-state index in [9.17, 15) is 4.79 Å². The SMILES string of the molecule is O=c1[nH]ccnc1NCCc1ncn[nH]1. The van der Waals surface area contributed by atoms with Gasteiger partial charge in [0, 0.05) is 25.4 Å². The summed E-state index contributed by atoms with van der Waals surface area (Å²) in [5, 5.41) is 9.36. The number of aromatic nitrogens is 5. The fourth-order valence-electron chi connectivity index (χ4n) is 1.13. The molecule has 0 aliphatic rings. The Hall–Kier alpha value is -2.18. The molecule has 0 radical (unpaired) electrons. The van der Waals surface area contributed by atoms with Gasteiger partial charge in [0.1, 0.15) is 12.2 Å². The second-order valence-electron chi connectivity index (χ2n) is 2.88. The third-order valence-corrected chi connectivity index (χ3v) is 1.83. The van der Waals surface area contributed by atoms with E-state index in [1.807, 2.05) is 0 Å². The lowest BCUT2D eigenvalue weighted by Crippen LogP contribution is -2.17. The van der Waals surface area contributed by atoms with Crippen molar-refractivity contribution in [3.8, 4) is 0 Å². The van der Waals surface area contributed by atoms with Gasteiger partial charge in [0.05, 0.1) is 0 Å². The molecule has 3 N–H and O–H groups in total. The second kappa shape index (κ2) is 4.36.